The number of imidazole rings is 1. The van der Waals surface area contributed by atoms with Gasteiger partial charge in [-0.1, -0.05) is 19.9 Å². The molecule has 0 aliphatic carbocycles. The highest BCUT2D eigenvalue weighted by atomic mass is 16.3. The first-order valence-electron chi connectivity index (χ1n) is 6.96. The van der Waals surface area contributed by atoms with Crippen molar-refractivity contribution in [2.24, 2.45) is 5.92 Å². The molecule has 1 atom stereocenters. The summed E-state index contributed by atoms with van der Waals surface area (Å²) in [5.41, 5.74) is 0. The van der Waals surface area contributed by atoms with Gasteiger partial charge in [-0.3, -0.25) is 4.57 Å². The van der Waals surface area contributed by atoms with Crippen LogP contribution in [-0.4, -0.2) is 32.3 Å². The smallest absolute Gasteiger partial charge is 0.140 e. The van der Waals surface area contributed by atoms with Gasteiger partial charge >= 0.3 is 0 Å². The molecule has 0 bridgehead atoms. The lowest BCUT2D eigenvalue weighted by molar-refractivity contribution is 0.267. The number of rotatable bonds is 6. The molecule has 2 N–H and O–H groups in total. The molecule has 0 unspecified atom stereocenters. The van der Waals surface area contributed by atoms with Crippen LogP contribution in [0.3, 0.4) is 0 Å². The van der Waals surface area contributed by atoms with Crippen LogP contribution in [0.15, 0.2) is 30.6 Å². The molecule has 0 spiro atoms. The van der Waals surface area contributed by atoms with Crippen LogP contribution in [0.5, 0.6) is 0 Å². The zero-order valence-electron chi connectivity index (χ0n) is 12.2. The summed E-state index contributed by atoms with van der Waals surface area (Å²) < 4.78 is 1.95. The predicted octanol–water partition coefficient (Wildman–Crippen LogP) is 2.39. The van der Waals surface area contributed by atoms with E-state index in [1.54, 1.807) is 6.20 Å². The third-order valence-corrected chi connectivity index (χ3v) is 3.39. The number of aliphatic hydroxyl groups excluding tert-OH is 1. The van der Waals surface area contributed by atoms with Gasteiger partial charge in [0, 0.05) is 25.0 Å². The SMILES string of the molecule is Cc1nccn1-c1cccc(N[C@@H](CCO)C(C)C)n1. The van der Waals surface area contributed by atoms with E-state index < -0.39 is 0 Å². The standard InChI is InChI=1S/C15H22N4O/c1-11(2)13(7-10-20)17-14-5-4-6-15(18-14)19-9-8-16-12(19)3/h4-6,8-9,11,13,20H,7,10H2,1-3H3,(H,17,18)/t13-/m0/s1. The molecule has 2 aromatic heterocycles. The molecule has 0 saturated carbocycles. The molecule has 0 aromatic carbocycles. The van der Waals surface area contributed by atoms with E-state index in [-0.39, 0.29) is 12.6 Å². The zero-order chi connectivity index (χ0) is 14.5. The molecular formula is C15H22N4O. The number of aryl methyl sites for hydroxylation is 1. The summed E-state index contributed by atoms with van der Waals surface area (Å²) in [6.45, 7) is 6.40. The van der Waals surface area contributed by atoms with Gasteiger partial charge in [0.25, 0.3) is 0 Å². The maximum atomic E-state index is 9.13. The summed E-state index contributed by atoms with van der Waals surface area (Å²) in [4.78, 5) is 8.82. The van der Waals surface area contributed by atoms with Crippen molar-refractivity contribution in [1.82, 2.24) is 14.5 Å². The average Bonchev–Trinajstić information content (AvgIpc) is 2.85. The Kier molecular flexibility index (Phi) is 4.74. The summed E-state index contributed by atoms with van der Waals surface area (Å²) >= 11 is 0. The summed E-state index contributed by atoms with van der Waals surface area (Å²) in [6, 6.07) is 6.09. The molecule has 0 amide bonds. The van der Waals surface area contributed by atoms with Crippen molar-refractivity contribution in [2.75, 3.05) is 11.9 Å². The predicted molar refractivity (Wildman–Crippen MR) is 80.0 cm³/mol. The fraction of sp³-hybridized carbons (Fsp3) is 0.467. The van der Waals surface area contributed by atoms with E-state index in [0.29, 0.717) is 12.3 Å². The largest absolute Gasteiger partial charge is 0.396 e. The first-order valence-corrected chi connectivity index (χ1v) is 6.96. The van der Waals surface area contributed by atoms with E-state index in [4.69, 9.17) is 5.11 Å². The van der Waals surface area contributed by atoms with Crippen LogP contribution in [0.25, 0.3) is 5.82 Å². The molecule has 0 radical (unpaired) electrons. The van der Waals surface area contributed by atoms with Crippen LogP contribution in [0, 0.1) is 12.8 Å². The summed E-state index contributed by atoms with van der Waals surface area (Å²) in [5.74, 6) is 3.01. The van der Waals surface area contributed by atoms with Gasteiger partial charge in [0.05, 0.1) is 0 Å². The zero-order valence-corrected chi connectivity index (χ0v) is 12.2. The second-order valence-electron chi connectivity index (χ2n) is 5.23. The van der Waals surface area contributed by atoms with Gasteiger partial charge in [-0.2, -0.15) is 0 Å². The molecular weight excluding hydrogens is 252 g/mol. The molecule has 2 aromatic rings. The van der Waals surface area contributed by atoms with Crippen molar-refractivity contribution < 1.29 is 5.11 Å². The second kappa shape index (κ2) is 6.52. The van der Waals surface area contributed by atoms with Gasteiger partial charge in [0.2, 0.25) is 0 Å². The van der Waals surface area contributed by atoms with E-state index in [2.05, 4.69) is 29.1 Å². The normalized spacial score (nSPS) is 12.7. The fourth-order valence-electron chi connectivity index (χ4n) is 2.16. The number of pyridine rings is 1. The minimum atomic E-state index is 0.177. The maximum Gasteiger partial charge on any atom is 0.140 e. The Morgan fingerprint density at radius 3 is 2.75 bits per heavy atom. The third kappa shape index (κ3) is 3.36. The number of aromatic nitrogens is 3. The van der Waals surface area contributed by atoms with Crippen molar-refractivity contribution in [3.05, 3.63) is 36.4 Å². The Labute approximate surface area is 119 Å². The summed E-state index contributed by atoms with van der Waals surface area (Å²) in [5, 5.41) is 12.5. The molecule has 2 rings (SSSR count). The topological polar surface area (TPSA) is 63.0 Å². The minimum absolute atomic E-state index is 0.177. The van der Waals surface area contributed by atoms with E-state index in [1.807, 2.05) is 35.9 Å². The number of nitrogens with zero attached hydrogens (tertiary/aromatic N) is 3. The Hall–Kier alpha value is -1.88. The van der Waals surface area contributed by atoms with Crippen molar-refractivity contribution in [3.8, 4) is 5.82 Å². The van der Waals surface area contributed by atoms with Crippen molar-refractivity contribution in [2.45, 2.75) is 33.2 Å². The monoisotopic (exact) mass is 274 g/mol. The second-order valence-corrected chi connectivity index (χ2v) is 5.23. The molecule has 108 valence electrons. The highest BCUT2D eigenvalue weighted by molar-refractivity contribution is 5.41. The highest BCUT2D eigenvalue weighted by Gasteiger charge is 2.13. The molecule has 0 saturated heterocycles. The Morgan fingerprint density at radius 2 is 2.15 bits per heavy atom. The van der Waals surface area contributed by atoms with Crippen molar-refractivity contribution in [1.29, 1.82) is 0 Å². The number of hydrogen-bond donors (Lipinski definition) is 2. The molecule has 2 heterocycles. The summed E-state index contributed by atoms with van der Waals surface area (Å²) in [7, 11) is 0. The fourth-order valence-corrected chi connectivity index (χ4v) is 2.16. The molecule has 0 aliphatic rings. The number of aliphatic hydroxyl groups is 1. The first kappa shape index (κ1) is 14.5. The van der Waals surface area contributed by atoms with Gasteiger partial charge in [0.15, 0.2) is 0 Å². The van der Waals surface area contributed by atoms with Gasteiger partial charge in [-0.05, 0) is 31.4 Å². The quantitative estimate of drug-likeness (QED) is 0.849. The van der Waals surface area contributed by atoms with Gasteiger partial charge in [0.1, 0.15) is 17.5 Å². The van der Waals surface area contributed by atoms with Crippen LogP contribution < -0.4 is 5.32 Å². The first-order chi connectivity index (χ1) is 9.61. The average molecular weight is 274 g/mol. The molecule has 20 heavy (non-hydrogen) atoms. The van der Waals surface area contributed by atoms with Crippen LogP contribution in [-0.2, 0) is 0 Å². The van der Waals surface area contributed by atoms with Crippen LogP contribution in [0.1, 0.15) is 26.1 Å². The van der Waals surface area contributed by atoms with Gasteiger partial charge in [-0.25, -0.2) is 9.97 Å². The van der Waals surface area contributed by atoms with Crippen LogP contribution in [0.4, 0.5) is 5.82 Å². The minimum Gasteiger partial charge on any atom is -0.396 e. The highest BCUT2D eigenvalue weighted by Crippen LogP contribution is 2.16. The van der Waals surface area contributed by atoms with Crippen LogP contribution >= 0.6 is 0 Å². The van der Waals surface area contributed by atoms with Crippen LogP contribution in [0.2, 0.25) is 0 Å². The number of nitrogens with one attached hydrogen (secondary N) is 1. The van der Waals surface area contributed by atoms with Crippen molar-refractivity contribution >= 4 is 5.82 Å². The number of anilines is 1. The Bertz CT molecular complexity index is 550. The van der Waals surface area contributed by atoms with E-state index >= 15 is 0 Å². The lowest BCUT2D eigenvalue weighted by Crippen LogP contribution is -2.27. The van der Waals surface area contributed by atoms with E-state index in [9.17, 15) is 0 Å². The lowest BCUT2D eigenvalue weighted by atomic mass is 10.0. The molecule has 0 aliphatic heterocycles. The lowest BCUT2D eigenvalue weighted by Gasteiger charge is -2.22. The molecule has 0 fully saturated rings. The summed E-state index contributed by atoms with van der Waals surface area (Å²) in [6.07, 6.45) is 4.38. The molecule has 5 nitrogen and oxygen atoms in total. The number of hydrogen-bond acceptors (Lipinski definition) is 4. The molecule has 5 heteroatoms. The van der Waals surface area contributed by atoms with Gasteiger partial charge < -0.3 is 10.4 Å². The van der Waals surface area contributed by atoms with Gasteiger partial charge in [-0.15, -0.1) is 0 Å². The van der Waals surface area contributed by atoms with Crippen molar-refractivity contribution in [3.63, 3.8) is 0 Å². The Morgan fingerprint density at radius 1 is 1.35 bits per heavy atom. The van der Waals surface area contributed by atoms with E-state index in [0.717, 1.165) is 17.5 Å². The Balaban J connectivity index is 2.19. The third-order valence-electron chi connectivity index (χ3n) is 3.39. The van der Waals surface area contributed by atoms with E-state index in [1.165, 1.54) is 0 Å². The maximum absolute atomic E-state index is 9.13.